The van der Waals surface area contributed by atoms with Crippen LogP contribution >= 0.6 is 0 Å². The van der Waals surface area contributed by atoms with E-state index in [1.165, 1.54) is 0 Å². The van der Waals surface area contributed by atoms with Crippen LogP contribution in [0.2, 0.25) is 0 Å². The molecule has 4 rings (SSSR count). The summed E-state index contributed by atoms with van der Waals surface area (Å²) in [5.74, 6) is 1.95. The number of nitrogens with one attached hydrogen (secondary N) is 1. The van der Waals surface area contributed by atoms with Crippen molar-refractivity contribution in [3.63, 3.8) is 0 Å². The van der Waals surface area contributed by atoms with Crippen LogP contribution in [0, 0.1) is 6.92 Å². The first-order valence-corrected chi connectivity index (χ1v) is 8.21. The first kappa shape index (κ1) is 14.2. The normalized spacial score (nSPS) is 22.6. The van der Waals surface area contributed by atoms with E-state index in [4.69, 9.17) is 0 Å². The van der Waals surface area contributed by atoms with Crippen LogP contribution in [0.3, 0.4) is 0 Å². The molecule has 6 nitrogen and oxygen atoms in total. The van der Waals surface area contributed by atoms with Gasteiger partial charge in [0.2, 0.25) is 0 Å². The van der Waals surface area contributed by atoms with Crippen LogP contribution in [-0.2, 0) is 19.5 Å². The molecule has 0 unspecified atom stereocenters. The molecule has 2 atom stereocenters. The second-order valence-electron chi connectivity index (χ2n) is 6.41. The summed E-state index contributed by atoms with van der Waals surface area (Å²) in [6, 6.07) is 10.5. The number of hydrogen-bond acceptors (Lipinski definition) is 3. The molecule has 0 aliphatic carbocycles. The average Bonchev–Trinajstić information content (AvgIpc) is 3.05. The largest absolute Gasteiger partial charge is 0.334 e. The zero-order valence-electron chi connectivity index (χ0n) is 13.3. The van der Waals surface area contributed by atoms with Gasteiger partial charge in [0.15, 0.2) is 0 Å². The monoisotopic (exact) mass is 311 g/mol. The highest BCUT2D eigenvalue weighted by Gasteiger charge is 2.40. The van der Waals surface area contributed by atoms with Gasteiger partial charge in [-0.2, -0.15) is 0 Å². The van der Waals surface area contributed by atoms with Gasteiger partial charge in [-0.05, 0) is 25.3 Å². The number of rotatable bonds is 2. The summed E-state index contributed by atoms with van der Waals surface area (Å²) < 4.78 is 2.17. The molecule has 23 heavy (non-hydrogen) atoms. The quantitative estimate of drug-likeness (QED) is 0.921. The van der Waals surface area contributed by atoms with Crippen molar-refractivity contribution in [2.45, 2.75) is 51.4 Å². The Kier molecular flexibility index (Phi) is 3.52. The molecule has 1 saturated heterocycles. The van der Waals surface area contributed by atoms with Crippen LogP contribution < -0.4 is 5.32 Å². The van der Waals surface area contributed by atoms with Gasteiger partial charge in [-0.25, -0.2) is 4.79 Å². The minimum Gasteiger partial charge on any atom is -0.334 e. The summed E-state index contributed by atoms with van der Waals surface area (Å²) in [5, 5.41) is 11.5. The molecule has 2 amide bonds. The van der Waals surface area contributed by atoms with Gasteiger partial charge < -0.3 is 14.8 Å². The SMILES string of the molecule is Cc1nnc2n1C[C@H]1CC[C@@H](C2)N1C(=O)NCc1ccccc1. The Bertz CT molecular complexity index is 711. The molecule has 0 radical (unpaired) electrons. The number of nitrogens with zero attached hydrogens (tertiary/aromatic N) is 4. The maximum Gasteiger partial charge on any atom is 0.318 e. The Hall–Kier alpha value is -2.37. The lowest BCUT2D eigenvalue weighted by Gasteiger charge is -2.28. The number of benzene rings is 1. The maximum atomic E-state index is 12.7. The van der Waals surface area contributed by atoms with E-state index in [0.29, 0.717) is 6.54 Å². The molecule has 3 heterocycles. The summed E-state index contributed by atoms with van der Waals surface area (Å²) in [5.41, 5.74) is 1.12. The Morgan fingerprint density at radius 2 is 2.00 bits per heavy atom. The lowest BCUT2D eigenvalue weighted by Crippen LogP contribution is -2.47. The molecular formula is C17H21N5O. The molecule has 2 aliphatic heterocycles. The van der Waals surface area contributed by atoms with Crippen LogP contribution in [0.25, 0.3) is 0 Å². The fourth-order valence-electron chi connectivity index (χ4n) is 3.77. The second-order valence-corrected chi connectivity index (χ2v) is 6.41. The number of carbonyl (C=O) groups excluding carboxylic acids is 1. The summed E-state index contributed by atoms with van der Waals surface area (Å²) in [6.45, 7) is 3.36. The average molecular weight is 311 g/mol. The number of hydrogen-bond donors (Lipinski definition) is 1. The topological polar surface area (TPSA) is 63.1 Å². The lowest BCUT2D eigenvalue weighted by atomic mass is 10.1. The van der Waals surface area contributed by atoms with Gasteiger partial charge in [0.1, 0.15) is 11.6 Å². The van der Waals surface area contributed by atoms with Crippen molar-refractivity contribution in [1.29, 1.82) is 0 Å². The van der Waals surface area contributed by atoms with E-state index in [1.807, 2.05) is 42.2 Å². The van der Waals surface area contributed by atoms with Crippen molar-refractivity contribution in [3.8, 4) is 0 Å². The molecule has 2 bridgehead atoms. The molecule has 0 spiro atoms. The van der Waals surface area contributed by atoms with E-state index in [-0.39, 0.29) is 18.1 Å². The first-order chi connectivity index (χ1) is 11.2. The van der Waals surface area contributed by atoms with Crippen LogP contribution in [0.4, 0.5) is 4.79 Å². The molecule has 1 aromatic heterocycles. The molecule has 1 N–H and O–H groups in total. The van der Waals surface area contributed by atoms with Crippen LogP contribution in [0.1, 0.15) is 30.1 Å². The number of amides is 2. The van der Waals surface area contributed by atoms with Crippen molar-refractivity contribution < 1.29 is 4.79 Å². The third kappa shape index (κ3) is 2.58. The summed E-state index contributed by atoms with van der Waals surface area (Å²) >= 11 is 0. The maximum absolute atomic E-state index is 12.7. The number of aromatic nitrogens is 3. The summed E-state index contributed by atoms with van der Waals surface area (Å²) in [6.07, 6.45) is 2.91. The Balaban J connectivity index is 1.48. The van der Waals surface area contributed by atoms with E-state index in [9.17, 15) is 4.79 Å². The summed E-state index contributed by atoms with van der Waals surface area (Å²) in [4.78, 5) is 14.8. The molecule has 120 valence electrons. The molecular weight excluding hydrogens is 290 g/mol. The fraction of sp³-hybridized carbons (Fsp3) is 0.471. The van der Waals surface area contributed by atoms with Gasteiger partial charge in [-0.3, -0.25) is 0 Å². The number of fused-ring (bicyclic) bond motifs is 3. The van der Waals surface area contributed by atoms with Gasteiger partial charge in [-0.1, -0.05) is 30.3 Å². The lowest BCUT2D eigenvalue weighted by molar-refractivity contribution is 0.170. The minimum absolute atomic E-state index is 0.0396. The zero-order valence-corrected chi connectivity index (χ0v) is 13.3. The smallest absolute Gasteiger partial charge is 0.318 e. The summed E-state index contributed by atoms with van der Waals surface area (Å²) in [7, 11) is 0. The number of aryl methyl sites for hydroxylation is 1. The predicted octanol–water partition coefficient (Wildman–Crippen LogP) is 1.89. The molecule has 1 aromatic carbocycles. The van der Waals surface area contributed by atoms with Crippen molar-refractivity contribution in [3.05, 3.63) is 47.5 Å². The van der Waals surface area contributed by atoms with E-state index in [2.05, 4.69) is 20.1 Å². The number of carbonyl (C=O) groups is 1. The third-order valence-corrected chi connectivity index (χ3v) is 4.96. The highest BCUT2D eigenvalue weighted by atomic mass is 16.2. The van der Waals surface area contributed by atoms with Crippen molar-refractivity contribution in [2.24, 2.45) is 0 Å². The Labute approximate surface area is 135 Å². The highest BCUT2D eigenvalue weighted by Crippen LogP contribution is 2.31. The zero-order chi connectivity index (χ0) is 15.8. The van der Waals surface area contributed by atoms with Crippen LogP contribution in [-0.4, -0.2) is 37.8 Å². The van der Waals surface area contributed by atoms with Gasteiger partial charge in [0.05, 0.1) is 6.04 Å². The standard InChI is InChI=1S/C17H21N5O/c1-12-19-20-16-9-14-7-8-15(11-21(12)16)22(14)17(23)18-10-13-5-3-2-4-6-13/h2-6,14-15H,7-11H2,1H3,(H,18,23)/t14-,15+/m0/s1. The Morgan fingerprint density at radius 1 is 1.22 bits per heavy atom. The first-order valence-electron chi connectivity index (χ1n) is 8.21. The van der Waals surface area contributed by atoms with Gasteiger partial charge >= 0.3 is 6.03 Å². The van der Waals surface area contributed by atoms with Crippen LogP contribution in [0.15, 0.2) is 30.3 Å². The van der Waals surface area contributed by atoms with Crippen molar-refractivity contribution in [1.82, 2.24) is 25.0 Å². The van der Waals surface area contributed by atoms with E-state index in [1.54, 1.807) is 0 Å². The molecule has 6 heteroatoms. The Morgan fingerprint density at radius 3 is 2.83 bits per heavy atom. The number of urea groups is 1. The van der Waals surface area contributed by atoms with E-state index < -0.39 is 0 Å². The van der Waals surface area contributed by atoms with E-state index >= 15 is 0 Å². The van der Waals surface area contributed by atoms with Crippen molar-refractivity contribution >= 4 is 6.03 Å². The highest BCUT2D eigenvalue weighted by molar-refractivity contribution is 5.75. The van der Waals surface area contributed by atoms with Crippen LogP contribution in [0.5, 0.6) is 0 Å². The molecule has 2 aromatic rings. The second kappa shape index (κ2) is 5.68. The van der Waals surface area contributed by atoms with Gasteiger partial charge in [0, 0.05) is 25.6 Å². The molecule has 2 aliphatic rings. The van der Waals surface area contributed by atoms with E-state index in [0.717, 1.165) is 43.0 Å². The van der Waals surface area contributed by atoms with Gasteiger partial charge in [-0.15, -0.1) is 10.2 Å². The third-order valence-electron chi connectivity index (χ3n) is 4.96. The molecule has 0 saturated carbocycles. The minimum atomic E-state index is 0.0396. The fourth-order valence-corrected chi connectivity index (χ4v) is 3.77. The molecule has 1 fully saturated rings. The van der Waals surface area contributed by atoms with Crippen molar-refractivity contribution in [2.75, 3.05) is 0 Å². The van der Waals surface area contributed by atoms with Gasteiger partial charge in [0.25, 0.3) is 0 Å². The predicted molar refractivity (Wildman–Crippen MR) is 85.8 cm³/mol.